The van der Waals surface area contributed by atoms with Crippen LogP contribution in [-0.4, -0.2) is 37.2 Å². The molecule has 0 saturated carbocycles. The predicted octanol–water partition coefficient (Wildman–Crippen LogP) is 2.01. The monoisotopic (exact) mass is 314 g/mol. The Balaban J connectivity index is 2.01. The van der Waals surface area contributed by atoms with Gasteiger partial charge in [0.1, 0.15) is 5.75 Å². The van der Waals surface area contributed by atoms with Crippen LogP contribution in [0.3, 0.4) is 0 Å². The lowest BCUT2D eigenvalue weighted by Crippen LogP contribution is -2.27. The Morgan fingerprint density at radius 2 is 1.91 bits per heavy atom. The first kappa shape index (κ1) is 15.1. The van der Waals surface area contributed by atoms with Gasteiger partial charge in [-0.15, -0.1) is 0 Å². The van der Waals surface area contributed by atoms with E-state index in [1.54, 1.807) is 12.0 Å². The maximum atomic E-state index is 12.4. The van der Waals surface area contributed by atoms with E-state index in [2.05, 4.69) is 0 Å². The second-order valence-electron chi connectivity index (χ2n) is 5.37. The number of anilines is 1. The van der Waals surface area contributed by atoms with E-state index in [-0.39, 0.29) is 18.3 Å². The number of carbonyl (C=O) groups is 2. The first-order chi connectivity index (χ1) is 11.1. The van der Waals surface area contributed by atoms with Gasteiger partial charge in [-0.3, -0.25) is 9.59 Å². The van der Waals surface area contributed by atoms with Crippen molar-refractivity contribution >= 4 is 17.6 Å². The molecule has 0 N–H and O–H groups in total. The highest BCUT2D eigenvalue weighted by Crippen LogP contribution is 2.33. The molecule has 1 amide bonds. The predicted molar refractivity (Wildman–Crippen MR) is 84.8 cm³/mol. The number of amides is 1. The van der Waals surface area contributed by atoms with Crippen LogP contribution in [-0.2, 0) is 14.3 Å². The molecule has 6 heteroatoms. The molecular formula is C17H18N2O4. The van der Waals surface area contributed by atoms with Gasteiger partial charge in [-0.05, 0) is 24.3 Å². The van der Waals surface area contributed by atoms with Crippen molar-refractivity contribution in [1.29, 1.82) is 0 Å². The first-order valence-corrected chi connectivity index (χ1v) is 7.33. The molecule has 3 rings (SSSR count). The average Bonchev–Trinajstić information content (AvgIpc) is 3.23. The number of esters is 1. The van der Waals surface area contributed by atoms with E-state index in [0.717, 1.165) is 11.4 Å². The molecule has 1 aromatic heterocycles. The Labute approximate surface area is 134 Å². The summed E-state index contributed by atoms with van der Waals surface area (Å²) in [7, 11) is 2.92. The fourth-order valence-electron chi connectivity index (χ4n) is 2.82. The smallest absolute Gasteiger partial charge is 0.311 e. The van der Waals surface area contributed by atoms with Gasteiger partial charge in [0.2, 0.25) is 5.91 Å². The number of rotatable bonds is 4. The zero-order valence-electron chi connectivity index (χ0n) is 13.1. The minimum Gasteiger partial charge on any atom is -0.497 e. The molecule has 120 valence electrons. The molecule has 1 saturated heterocycles. The third-order valence-electron chi connectivity index (χ3n) is 4.02. The summed E-state index contributed by atoms with van der Waals surface area (Å²) in [6.07, 6.45) is 3.97. The van der Waals surface area contributed by atoms with Crippen molar-refractivity contribution in [3.63, 3.8) is 0 Å². The van der Waals surface area contributed by atoms with Gasteiger partial charge in [-0.2, -0.15) is 0 Å². The van der Waals surface area contributed by atoms with Gasteiger partial charge in [-0.25, -0.2) is 0 Å². The molecular weight excluding hydrogens is 296 g/mol. The molecule has 1 aliphatic heterocycles. The Morgan fingerprint density at radius 3 is 2.57 bits per heavy atom. The summed E-state index contributed by atoms with van der Waals surface area (Å²) in [4.78, 5) is 25.8. The van der Waals surface area contributed by atoms with Crippen molar-refractivity contribution in [3.8, 4) is 11.4 Å². The molecule has 0 spiro atoms. The zero-order valence-corrected chi connectivity index (χ0v) is 13.1. The Morgan fingerprint density at radius 1 is 1.17 bits per heavy atom. The van der Waals surface area contributed by atoms with E-state index in [1.165, 1.54) is 7.11 Å². The lowest BCUT2D eigenvalue weighted by Gasteiger charge is -2.21. The van der Waals surface area contributed by atoms with Crippen molar-refractivity contribution in [2.75, 3.05) is 25.7 Å². The highest BCUT2D eigenvalue weighted by atomic mass is 16.5. The topological polar surface area (TPSA) is 60.8 Å². The number of methoxy groups -OCH3 is 2. The fourth-order valence-corrected chi connectivity index (χ4v) is 2.82. The normalized spacial score (nSPS) is 17.4. The summed E-state index contributed by atoms with van der Waals surface area (Å²) in [6.45, 7) is 0.312. The Bertz CT molecular complexity index is 724. The zero-order chi connectivity index (χ0) is 16.4. The van der Waals surface area contributed by atoms with Crippen LogP contribution < -0.4 is 9.64 Å². The summed E-state index contributed by atoms with van der Waals surface area (Å²) in [5.74, 6) is -0.227. The van der Waals surface area contributed by atoms with E-state index < -0.39 is 5.92 Å². The summed E-state index contributed by atoms with van der Waals surface area (Å²) in [5, 5.41) is 0. The number of ether oxygens (including phenoxy) is 2. The number of carbonyl (C=O) groups excluding carboxylic acids is 2. The number of aromatic nitrogens is 1. The average molecular weight is 314 g/mol. The summed E-state index contributed by atoms with van der Waals surface area (Å²) in [6, 6.07) is 9.38. The molecule has 0 aliphatic carbocycles. The lowest BCUT2D eigenvalue weighted by atomic mass is 10.1. The van der Waals surface area contributed by atoms with Crippen molar-refractivity contribution in [3.05, 3.63) is 42.7 Å². The molecule has 6 nitrogen and oxygen atoms in total. The SMILES string of the molecule is COC(=O)C1CC(=O)N(c2cc(OC)ccc2-n2cccc2)C1. The highest BCUT2D eigenvalue weighted by molar-refractivity contribution is 6.01. The number of benzene rings is 1. The third kappa shape index (κ3) is 2.79. The third-order valence-corrected chi connectivity index (χ3v) is 4.02. The van der Waals surface area contributed by atoms with Gasteiger partial charge >= 0.3 is 5.97 Å². The molecule has 1 fully saturated rings. The van der Waals surface area contributed by atoms with Gasteiger partial charge in [0.25, 0.3) is 0 Å². The van der Waals surface area contributed by atoms with E-state index in [9.17, 15) is 9.59 Å². The highest BCUT2D eigenvalue weighted by Gasteiger charge is 2.37. The molecule has 1 unspecified atom stereocenters. The van der Waals surface area contributed by atoms with E-state index in [0.29, 0.717) is 12.3 Å². The van der Waals surface area contributed by atoms with E-state index in [1.807, 2.05) is 47.3 Å². The maximum absolute atomic E-state index is 12.4. The first-order valence-electron chi connectivity index (χ1n) is 7.33. The number of nitrogens with zero attached hydrogens (tertiary/aromatic N) is 2. The fraction of sp³-hybridized carbons (Fsp3) is 0.294. The van der Waals surface area contributed by atoms with E-state index in [4.69, 9.17) is 9.47 Å². The molecule has 1 aromatic carbocycles. The number of hydrogen-bond donors (Lipinski definition) is 0. The van der Waals surface area contributed by atoms with Gasteiger partial charge in [0.05, 0.1) is 31.5 Å². The van der Waals surface area contributed by atoms with Crippen LogP contribution in [0.2, 0.25) is 0 Å². The number of hydrogen-bond acceptors (Lipinski definition) is 4. The summed E-state index contributed by atoms with van der Waals surface area (Å²) < 4.78 is 12.0. The molecule has 1 atom stereocenters. The lowest BCUT2D eigenvalue weighted by molar-refractivity contribution is -0.145. The summed E-state index contributed by atoms with van der Waals surface area (Å²) in [5.41, 5.74) is 1.58. The van der Waals surface area contributed by atoms with Crippen LogP contribution in [0.1, 0.15) is 6.42 Å². The molecule has 0 radical (unpaired) electrons. The van der Waals surface area contributed by atoms with Crippen molar-refractivity contribution in [1.82, 2.24) is 4.57 Å². The minimum atomic E-state index is -0.434. The van der Waals surface area contributed by atoms with Crippen LogP contribution in [0.15, 0.2) is 42.7 Å². The van der Waals surface area contributed by atoms with Crippen LogP contribution in [0.5, 0.6) is 5.75 Å². The maximum Gasteiger partial charge on any atom is 0.311 e. The second kappa shape index (κ2) is 6.16. The van der Waals surface area contributed by atoms with Gasteiger partial charge in [0.15, 0.2) is 0 Å². The van der Waals surface area contributed by atoms with Crippen LogP contribution in [0.25, 0.3) is 5.69 Å². The van der Waals surface area contributed by atoms with Crippen LogP contribution in [0, 0.1) is 5.92 Å². The van der Waals surface area contributed by atoms with Crippen molar-refractivity contribution in [2.45, 2.75) is 6.42 Å². The Kier molecular flexibility index (Phi) is 4.06. The van der Waals surface area contributed by atoms with Gasteiger partial charge < -0.3 is 18.9 Å². The molecule has 1 aliphatic rings. The van der Waals surface area contributed by atoms with Crippen LogP contribution >= 0.6 is 0 Å². The second-order valence-corrected chi connectivity index (χ2v) is 5.37. The van der Waals surface area contributed by atoms with Crippen molar-refractivity contribution < 1.29 is 19.1 Å². The molecule has 0 bridgehead atoms. The molecule has 23 heavy (non-hydrogen) atoms. The Hall–Kier alpha value is -2.76. The largest absolute Gasteiger partial charge is 0.497 e. The van der Waals surface area contributed by atoms with Gasteiger partial charge in [0, 0.05) is 31.4 Å². The van der Waals surface area contributed by atoms with Gasteiger partial charge in [-0.1, -0.05) is 0 Å². The quantitative estimate of drug-likeness (QED) is 0.810. The summed E-state index contributed by atoms with van der Waals surface area (Å²) >= 11 is 0. The van der Waals surface area contributed by atoms with E-state index >= 15 is 0 Å². The molecule has 2 aromatic rings. The van der Waals surface area contributed by atoms with Crippen molar-refractivity contribution in [2.24, 2.45) is 5.92 Å². The van der Waals surface area contributed by atoms with Crippen LogP contribution in [0.4, 0.5) is 5.69 Å². The molecule has 2 heterocycles. The standard InChI is InChI=1S/C17H18N2O4/c1-22-13-5-6-14(18-7-3-4-8-18)15(10-13)19-11-12(9-16(19)20)17(21)23-2/h3-8,10,12H,9,11H2,1-2H3. The minimum absolute atomic E-state index is 0.0953.